The van der Waals surface area contributed by atoms with Crippen molar-refractivity contribution in [3.05, 3.63) is 59.2 Å². The third kappa shape index (κ3) is 4.47. The summed E-state index contributed by atoms with van der Waals surface area (Å²) in [7, 11) is 0. The van der Waals surface area contributed by atoms with E-state index >= 15 is 0 Å². The fourth-order valence-electron chi connectivity index (χ4n) is 4.02. The van der Waals surface area contributed by atoms with Gasteiger partial charge in [-0.3, -0.25) is 19.7 Å². The van der Waals surface area contributed by atoms with E-state index in [1.165, 1.54) is 0 Å². The van der Waals surface area contributed by atoms with Crippen molar-refractivity contribution in [3.63, 3.8) is 0 Å². The van der Waals surface area contributed by atoms with Crippen molar-refractivity contribution in [2.45, 2.75) is 26.0 Å². The van der Waals surface area contributed by atoms with Gasteiger partial charge in [0.1, 0.15) is 0 Å². The van der Waals surface area contributed by atoms with Gasteiger partial charge in [0.25, 0.3) is 5.91 Å². The fourth-order valence-corrected chi connectivity index (χ4v) is 4.02. The Morgan fingerprint density at radius 1 is 1.17 bits per heavy atom. The van der Waals surface area contributed by atoms with Gasteiger partial charge in [-0.1, -0.05) is 6.07 Å². The highest BCUT2D eigenvalue weighted by atomic mass is 16.5. The standard InChI is InChI=1S/C22H28N4O3/c1-16-12-19(14-24-17(16)2)22(27)26-8-11-29-20(15-25-6-9-28-10-7-25)21(26)18-4-3-5-23-13-18/h3-5,12-14,20-21H,6-11,15H2,1-2H3/t20-,21-/m0/s1. The zero-order valence-electron chi connectivity index (χ0n) is 17.1. The first-order valence-electron chi connectivity index (χ1n) is 10.2. The fraction of sp³-hybridized carbons (Fsp3) is 0.500. The van der Waals surface area contributed by atoms with Crippen LogP contribution in [0.15, 0.2) is 36.8 Å². The lowest BCUT2D eigenvalue weighted by atomic mass is 9.97. The van der Waals surface area contributed by atoms with Gasteiger partial charge in [-0.15, -0.1) is 0 Å². The molecule has 2 fully saturated rings. The lowest BCUT2D eigenvalue weighted by molar-refractivity contribution is -0.0819. The second-order valence-corrected chi connectivity index (χ2v) is 7.68. The van der Waals surface area contributed by atoms with E-state index in [0.29, 0.717) is 18.7 Å². The van der Waals surface area contributed by atoms with Crippen molar-refractivity contribution in [1.29, 1.82) is 0 Å². The molecule has 0 unspecified atom stereocenters. The molecule has 7 nitrogen and oxygen atoms in total. The number of ether oxygens (including phenoxy) is 2. The molecule has 29 heavy (non-hydrogen) atoms. The Bertz CT molecular complexity index is 839. The lowest BCUT2D eigenvalue weighted by Gasteiger charge is -2.43. The van der Waals surface area contributed by atoms with Gasteiger partial charge in [-0.2, -0.15) is 0 Å². The van der Waals surface area contributed by atoms with Gasteiger partial charge in [-0.25, -0.2) is 0 Å². The van der Waals surface area contributed by atoms with Crippen molar-refractivity contribution in [2.75, 3.05) is 46.0 Å². The maximum Gasteiger partial charge on any atom is 0.256 e. The molecule has 154 valence electrons. The minimum Gasteiger partial charge on any atom is -0.379 e. The number of rotatable bonds is 4. The van der Waals surface area contributed by atoms with Gasteiger partial charge in [0.05, 0.1) is 37.5 Å². The predicted octanol–water partition coefficient (Wildman–Crippen LogP) is 2.01. The minimum atomic E-state index is -0.186. The second kappa shape index (κ2) is 8.98. The zero-order valence-corrected chi connectivity index (χ0v) is 17.1. The average Bonchev–Trinajstić information content (AvgIpc) is 2.76. The molecule has 2 aliphatic rings. The van der Waals surface area contributed by atoms with Crippen LogP contribution >= 0.6 is 0 Å². The van der Waals surface area contributed by atoms with Crippen LogP contribution in [-0.4, -0.2) is 77.8 Å². The summed E-state index contributed by atoms with van der Waals surface area (Å²) in [6.45, 7) is 9.01. The highest BCUT2D eigenvalue weighted by Crippen LogP contribution is 2.31. The number of nitrogens with zero attached hydrogens (tertiary/aromatic N) is 4. The van der Waals surface area contributed by atoms with Crippen molar-refractivity contribution < 1.29 is 14.3 Å². The van der Waals surface area contributed by atoms with Gasteiger partial charge in [0, 0.05) is 50.5 Å². The molecular weight excluding hydrogens is 368 g/mol. The van der Waals surface area contributed by atoms with Gasteiger partial charge in [0.2, 0.25) is 0 Å². The van der Waals surface area contributed by atoms with E-state index in [-0.39, 0.29) is 18.1 Å². The number of hydrogen-bond acceptors (Lipinski definition) is 6. The number of aryl methyl sites for hydroxylation is 2. The SMILES string of the molecule is Cc1cc(C(=O)N2CCO[C@@H](CN3CCOCC3)[C@@H]2c2cccnc2)cnc1C. The van der Waals surface area contributed by atoms with Crippen LogP contribution in [-0.2, 0) is 9.47 Å². The number of carbonyl (C=O) groups excluding carboxylic acids is 1. The van der Waals surface area contributed by atoms with E-state index in [4.69, 9.17) is 9.47 Å². The minimum absolute atomic E-state index is 0.00951. The molecule has 2 atom stereocenters. The largest absolute Gasteiger partial charge is 0.379 e. The summed E-state index contributed by atoms with van der Waals surface area (Å²) < 4.78 is 11.7. The van der Waals surface area contributed by atoms with E-state index in [1.807, 2.05) is 43.1 Å². The summed E-state index contributed by atoms with van der Waals surface area (Å²) >= 11 is 0. The number of hydrogen-bond donors (Lipinski definition) is 0. The lowest BCUT2D eigenvalue weighted by Crippen LogP contribution is -2.53. The molecular formula is C22H28N4O3. The predicted molar refractivity (Wildman–Crippen MR) is 109 cm³/mol. The van der Waals surface area contributed by atoms with Gasteiger partial charge in [-0.05, 0) is 37.1 Å². The molecule has 0 radical (unpaired) electrons. The Hall–Kier alpha value is -2.35. The van der Waals surface area contributed by atoms with Crippen LogP contribution in [0.4, 0.5) is 0 Å². The summed E-state index contributed by atoms with van der Waals surface area (Å²) in [5.41, 5.74) is 3.58. The second-order valence-electron chi connectivity index (χ2n) is 7.68. The molecule has 2 aromatic rings. The van der Waals surface area contributed by atoms with E-state index < -0.39 is 0 Å². The Morgan fingerprint density at radius 2 is 2.00 bits per heavy atom. The molecule has 4 heterocycles. The smallest absolute Gasteiger partial charge is 0.256 e. The maximum absolute atomic E-state index is 13.5. The number of pyridine rings is 2. The first-order chi connectivity index (χ1) is 14.1. The molecule has 0 aromatic carbocycles. The number of carbonyl (C=O) groups is 1. The van der Waals surface area contributed by atoms with Gasteiger partial charge < -0.3 is 14.4 Å². The topological polar surface area (TPSA) is 67.8 Å². The average molecular weight is 396 g/mol. The van der Waals surface area contributed by atoms with Crippen LogP contribution in [0.2, 0.25) is 0 Å². The molecule has 0 saturated carbocycles. The quantitative estimate of drug-likeness (QED) is 0.788. The molecule has 0 aliphatic carbocycles. The molecule has 0 spiro atoms. The number of morpholine rings is 2. The van der Waals surface area contributed by atoms with E-state index in [9.17, 15) is 4.79 Å². The molecule has 2 aromatic heterocycles. The van der Waals surface area contributed by atoms with Crippen molar-refractivity contribution >= 4 is 5.91 Å². The van der Waals surface area contributed by atoms with E-state index in [0.717, 1.165) is 49.7 Å². The number of aromatic nitrogens is 2. The highest BCUT2D eigenvalue weighted by molar-refractivity contribution is 5.94. The third-order valence-corrected chi connectivity index (χ3v) is 5.77. The van der Waals surface area contributed by atoms with Crippen LogP contribution in [0.1, 0.15) is 33.2 Å². The van der Waals surface area contributed by atoms with E-state index in [2.05, 4.69) is 14.9 Å². The Labute approximate surface area is 171 Å². The Balaban J connectivity index is 1.63. The summed E-state index contributed by atoms with van der Waals surface area (Å²) in [5, 5.41) is 0. The van der Waals surface area contributed by atoms with E-state index in [1.54, 1.807) is 12.4 Å². The molecule has 1 amide bonds. The maximum atomic E-state index is 13.5. The van der Waals surface area contributed by atoms with Crippen LogP contribution in [0, 0.1) is 13.8 Å². The molecule has 2 aliphatic heterocycles. The van der Waals surface area contributed by atoms with Crippen molar-refractivity contribution in [3.8, 4) is 0 Å². The molecule has 2 saturated heterocycles. The van der Waals surface area contributed by atoms with Crippen LogP contribution in [0.3, 0.4) is 0 Å². The van der Waals surface area contributed by atoms with Gasteiger partial charge in [0.15, 0.2) is 0 Å². The highest BCUT2D eigenvalue weighted by Gasteiger charge is 2.38. The van der Waals surface area contributed by atoms with Crippen LogP contribution in [0.25, 0.3) is 0 Å². The van der Waals surface area contributed by atoms with Crippen LogP contribution in [0.5, 0.6) is 0 Å². The summed E-state index contributed by atoms with van der Waals surface area (Å²) in [4.78, 5) is 26.4. The Morgan fingerprint density at radius 3 is 2.72 bits per heavy atom. The third-order valence-electron chi connectivity index (χ3n) is 5.77. The summed E-state index contributed by atoms with van der Waals surface area (Å²) in [6, 6.07) is 5.68. The normalized spacial score (nSPS) is 23.2. The Kier molecular flexibility index (Phi) is 6.18. The molecule has 0 N–H and O–H groups in total. The van der Waals surface area contributed by atoms with Gasteiger partial charge >= 0.3 is 0 Å². The monoisotopic (exact) mass is 396 g/mol. The molecule has 4 rings (SSSR count). The van der Waals surface area contributed by atoms with Crippen molar-refractivity contribution in [2.24, 2.45) is 0 Å². The first kappa shape index (κ1) is 19.9. The molecule has 0 bridgehead atoms. The van der Waals surface area contributed by atoms with Crippen molar-refractivity contribution in [1.82, 2.24) is 19.8 Å². The summed E-state index contributed by atoms with van der Waals surface area (Å²) in [6.07, 6.45) is 5.15. The molecule has 7 heteroatoms. The number of amides is 1. The zero-order chi connectivity index (χ0) is 20.2. The summed E-state index contributed by atoms with van der Waals surface area (Å²) in [5.74, 6) is -0.00951. The first-order valence-corrected chi connectivity index (χ1v) is 10.2. The van der Waals surface area contributed by atoms with Crippen LogP contribution < -0.4 is 0 Å².